The van der Waals surface area contributed by atoms with Gasteiger partial charge < -0.3 is 15.2 Å². The number of rotatable bonds is 6. The minimum atomic E-state index is -0.138. The number of aliphatic hydroxyl groups is 1. The van der Waals surface area contributed by atoms with Crippen LogP contribution in [0, 0.1) is 5.41 Å². The van der Waals surface area contributed by atoms with Crippen molar-refractivity contribution in [1.82, 2.24) is 5.32 Å². The fraction of sp³-hybridized carbons (Fsp3) is 0.471. The smallest absolute Gasteiger partial charge is 0.246 e. The Balaban J connectivity index is 1.96. The van der Waals surface area contributed by atoms with Crippen LogP contribution >= 0.6 is 11.6 Å². The molecule has 120 valence electrons. The van der Waals surface area contributed by atoms with Crippen LogP contribution in [0.15, 0.2) is 29.8 Å². The van der Waals surface area contributed by atoms with Gasteiger partial charge in [-0.3, -0.25) is 4.79 Å². The lowest BCUT2D eigenvalue weighted by atomic mass is 9.84. The summed E-state index contributed by atoms with van der Waals surface area (Å²) in [5.74, 6) is -0.107. The molecule has 1 aliphatic rings. The van der Waals surface area contributed by atoms with Gasteiger partial charge in [0.25, 0.3) is 0 Å². The second kappa shape index (κ2) is 7.77. The second-order valence-corrected chi connectivity index (χ2v) is 6.28. The van der Waals surface area contributed by atoms with Gasteiger partial charge in [-0.15, -0.1) is 0 Å². The van der Waals surface area contributed by atoms with Crippen molar-refractivity contribution in [2.24, 2.45) is 5.41 Å². The lowest BCUT2D eigenvalue weighted by Crippen LogP contribution is -2.39. The summed E-state index contributed by atoms with van der Waals surface area (Å²) < 4.78 is 5.42. The van der Waals surface area contributed by atoms with Gasteiger partial charge in [0.1, 0.15) is 0 Å². The number of amides is 1. The van der Waals surface area contributed by atoms with Gasteiger partial charge in [0.05, 0.1) is 6.61 Å². The van der Waals surface area contributed by atoms with Gasteiger partial charge in [-0.25, -0.2) is 0 Å². The predicted molar refractivity (Wildman–Crippen MR) is 87.7 cm³/mol. The van der Waals surface area contributed by atoms with Crippen molar-refractivity contribution in [2.45, 2.75) is 19.8 Å². The fourth-order valence-electron chi connectivity index (χ4n) is 2.63. The Hall–Kier alpha value is -1.36. The Labute approximate surface area is 136 Å². The number of ether oxygens (including phenoxy) is 1. The zero-order valence-electron chi connectivity index (χ0n) is 12.8. The maximum Gasteiger partial charge on any atom is 0.246 e. The number of carbonyl (C=O) groups is 1. The van der Waals surface area contributed by atoms with Crippen molar-refractivity contribution in [3.8, 4) is 0 Å². The molecule has 0 aromatic heterocycles. The number of aliphatic hydroxyl groups excluding tert-OH is 1. The van der Waals surface area contributed by atoms with Gasteiger partial charge in [0.2, 0.25) is 5.91 Å². The lowest BCUT2D eigenvalue weighted by molar-refractivity contribution is -0.118. The van der Waals surface area contributed by atoms with E-state index in [4.69, 9.17) is 16.3 Å². The normalized spacial score (nSPS) is 21.9. The van der Waals surface area contributed by atoms with Crippen molar-refractivity contribution >= 4 is 23.6 Å². The average Bonchev–Trinajstić information content (AvgIpc) is 2.94. The van der Waals surface area contributed by atoms with Crippen LogP contribution in [0.3, 0.4) is 0 Å². The van der Waals surface area contributed by atoms with E-state index >= 15 is 0 Å². The summed E-state index contributed by atoms with van der Waals surface area (Å²) in [6.07, 6.45) is 3.32. The summed E-state index contributed by atoms with van der Waals surface area (Å²) in [7, 11) is 0. The van der Waals surface area contributed by atoms with Crippen molar-refractivity contribution in [3.05, 3.63) is 40.4 Å². The Morgan fingerprint density at radius 1 is 1.55 bits per heavy atom. The summed E-state index contributed by atoms with van der Waals surface area (Å²) in [6, 6.07) is 7.37. The molecule has 1 saturated heterocycles. The van der Waals surface area contributed by atoms with E-state index in [0.29, 0.717) is 36.8 Å². The van der Waals surface area contributed by atoms with Gasteiger partial charge in [0, 0.05) is 35.8 Å². The highest BCUT2D eigenvalue weighted by Gasteiger charge is 2.34. The first-order valence-corrected chi connectivity index (χ1v) is 7.83. The first-order valence-electron chi connectivity index (χ1n) is 7.45. The third-order valence-corrected chi connectivity index (χ3v) is 4.28. The van der Waals surface area contributed by atoms with Crippen molar-refractivity contribution in [1.29, 1.82) is 0 Å². The number of benzene rings is 1. The van der Waals surface area contributed by atoms with E-state index in [0.717, 1.165) is 12.0 Å². The number of hydrogen-bond donors (Lipinski definition) is 2. The van der Waals surface area contributed by atoms with Crippen molar-refractivity contribution < 1.29 is 14.6 Å². The first kappa shape index (κ1) is 17.0. The fourth-order valence-corrected chi connectivity index (χ4v) is 2.83. The maximum absolute atomic E-state index is 12.2. The highest BCUT2D eigenvalue weighted by molar-refractivity contribution is 6.30. The van der Waals surface area contributed by atoms with Crippen molar-refractivity contribution in [3.63, 3.8) is 0 Å². The molecule has 0 saturated carbocycles. The molecule has 1 amide bonds. The van der Waals surface area contributed by atoms with Gasteiger partial charge in [-0.1, -0.05) is 23.7 Å². The SMILES string of the molecule is C/C(=C/c1cccc(Cl)c1)C(=O)NCC1(CCO)CCOC1. The summed E-state index contributed by atoms with van der Waals surface area (Å²) >= 11 is 5.94. The second-order valence-electron chi connectivity index (χ2n) is 5.84. The summed E-state index contributed by atoms with van der Waals surface area (Å²) in [6.45, 7) is 3.68. The zero-order valence-corrected chi connectivity index (χ0v) is 13.5. The van der Waals surface area contributed by atoms with Gasteiger partial charge in [-0.2, -0.15) is 0 Å². The molecule has 0 aliphatic carbocycles. The van der Waals surface area contributed by atoms with E-state index < -0.39 is 0 Å². The molecule has 0 spiro atoms. The molecule has 5 heteroatoms. The highest BCUT2D eigenvalue weighted by Crippen LogP contribution is 2.31. The molecule has 0 radical (unpaired) electrons. The van der Waals surface area contributed by atoms with E-state index in [9.17, 15) is 9.90 Å². The van der Waals surface area contributed by atoms with Crippen LogP contribution in [-0.4, -0.2) is 37.4 Å². The Bertz CT molecular complexity index is 551. The molecule has 1 aromatic rings. The third kappa shape index (κ3) is 4.57. The lowest BCUT2D eigenvalue weighted by Gasteiger charge is -2.26. The molecule has 1 atom stereocenters. The number of hydrogen-bond acceptors (Lipinski definition) is 3. The summed E-state index contributed by atoms with van der Waals surface area (Å²) in [4.78, 5) is 12.2. The minimum absolute atomic E-state index is 0.107. The van der Waals surface area contributed by atoms with Gasteiger partial charge >= 0.3 is 0 Å². The quantitative estimate of drug-likeness (QED) is 0.791. The van der Waals surface area contributed by atoms with E-state index in [1.807, 2.05) is 24.3 Å². The topological polar surface area (TPSA) is 58.6 Å². The highest BCUT2D eigenvalue weighted by atomic mass is 35.5. The largest absolute Gasteiger partial charge is 0.396 e. The summed E-state index contributed by atoms with van der Waals surface area (Å²) in [5.41, 5.74) is 1.38. The van der Waals surface area contributed by atoms with Crippen LogP contribution < -0.4 is 5.32 Å². The molecular formula is C17H22ClNO3. The minimum Gasteiger partial charge on any atom is -0.396 e. The third-order valence-electron chi connectivity index (χ3n) is 4.04. The number of nitrogens with one attached hydrogen (secondary N) is 1. The van der Waals surface area contributed by atoms with Gasteiger partial charge in [0.15, 0.2) is 0 Å². The zero-order chi connectivity index (χ0) is 16.0. The van der Waals surface area contributed by atoms with Crippen molar-refractivity contribution in [2.75, 3.05) is 26.4 Å². The predicted octanol–water partition coefficient (Wildman–Crippen LogP) is 2.65. The van der Waals surface area contributed by atoms with E-state index in [1.54, 1.807) is 13.0 Å². The van der Waals surface area contributed by atoms with E-state index in [2.05, 4.69) is 5.32 Å². The van der Waals surface area contributed by atoms with Crippen LogP contribution in [0.5, 0.6) is 0 Å². The molecular weight excluding hydrogens is 302 g/mol. The molecule has 2 rings (SSSR count). The molecule has 1 unspecified atom stereocenters. The molecule has 1 aliphatic heterocycles. The van der Waals surface area contributed by atoms with Crippen LogP contribution in [0.1, 0.15) is 25.3 Å². The van der Waals surface area contributed by atoms with Crippen LogP contribution in [0.2, 0.25) is 5.02 Å². The molecule has 1 heterocycles. The molecule has 4 nitrogen and oxygen atoms in total. The standard InChI is InChI=1S/C17H22ClNO3/c1-13(9-14-3-2-4-15(18)10-14)16(21)19-11-17(5-7-20)6-8-22-12-17/h2-4,9-10,20H,5-8,11-12H2,1H3,(H,19,21)/b13-9-. The number of carbonyl (C=O) groups excluding carboxylic acids is 1. The molecule has 0 bridgehead atoms. The van der Waals surface area contributed by atoms with Crippen LogP contribution in [-0.2, 0) is 9.53 Å². The Morgan fingerprint density at radius 2 is 2.36 bits per heavy atom. The molecule has 1 aromatic carbocycles. The maximum atomic E-state index is 12.2. The molecule has 22 heavy (non-hydrogen) atoms. The average molecular weight is 324 g/mol. The van der Waals surface area contributed by atoms with Crippen LogP contribution in [0.25, 0.3) is 6.08 Å². The molecule has 1 fully saturated rings. The molecule has 2 N–H and O–H groups in total. The first-order chi connectivity index (χ1) is 10.5. The van der Waals surface area contributed by atoms with Crippen LogP contribution in [0.4, 0.5) is 0 Å². The summed E-state index contributed by atoms with van der Waals surface area (Å²) in [5, 5.41) is 12.8. The van der Waals surface area contributed by atoms with E-state index in [-0.39, 0.29) is 17.9 Å². The Kier molecular flexibility index (Phi) is 6.00. The Morgan fingerprint density at radius 3 is 3.00 bits per heavy atom. The van der Waals surface area contributed by atoms with E-state index in [1.165, 1.54) is 0 Å². The number of halogens is 1. The monoisotopic (exact) mass is 323 g/mol. The van der Waals surface area contributed by atoms with Gasteiger partial charge in [-0.05, 0) is 43.5 Å².